The van der Waals surface area contributed by atoms with Gasteiger partial charge in [0.1, 0.15) is 0 Å². The van der Waals surface area contributed by atoms with Crippen molar-refractivity contribution in [2.45, 2.75) is 13.3 Å². The van der Waals surface area contributed by atoms with Crippen molar-refractivity contribution in [1.29, 1.82) is 0 Å². The predicted octanol–water partition coefficient (Wildman–Crippen LogP) is 4.99. The van der Waals surface area contributed by atoms with E-state index < -0.39 is 0 Å². The van der Waals surface area contributed by atoms with Crippen molar-refractivity contribution >= 4 is 0 Å². The van der Waals surface area contributed by atoms with Crippen LogP contribution in [0.3, 0.4) is 0 Å². The molecule has 0 saturated heterocycles. The number of hydrogen-bond donors (Lipinski definition) is 2. The zero-order chi connectivity index (χ0) is 15.5. The topological polar surface area (TPSA) is 40.5 Å². The van der Waals surface area contributed by atoms with Crippen molar-refractivity contribution in [1.82, 2.24) is 0 Å². The van der Waals surface area contributed by atoms with E-state index in [9.17, 15) is 10.2 Å². The number of hydrogen-bond acceptors (Lipinski definition) is 2. The van der Waals surface area contributed by atoms with Crippen LogP contribution in [0, 0.1) is 0 Å². The molecule has 0 bridgehead atoms. The fraction of sp³-hybridized carbons (Fsp3) is 0.100. The molecule has 0 radical (unpaired) electrons. The highest BCUT2D eigenvalue weighted by atomic mass is 16.3. The van der Waals surface area contributed by atoms with Crippen LogP contribution >= 0.6 is 0 Å². The van der Waals surface area contributed by atoms with Gasteiger partial charge in [0.25, 0.3) is 0 Å². The summed E-state index contributed by atoms with van der Waals surface area (Å²) in [6, 6.07) is 21.3. The van der Waals surface area contributed by atoms with Gasteiger partial charge in [0.05, 0.1) is 0 Å². The van der Waals surface area contributed by atoms with Crippen LogP contribution in [0.2, 0.25) is 0 Å². The van der Waals surface area contributed by atoms with Crippen LogP contribution in [-0.4, -0.2) is 10.2 Å². The Hall–Kier alpha value is -2.74. The average Bonchev–Trinajstić information content (AvgIpc) is 2.58. The molecular weight excluding hydrogens is 272 g/mol. The number of benzene rings is 3. The van der Waals surface area contributed by atoms with Crippen LogP contribution in [0.5, 0.6) is 11.5 Å². The third-order valence-electron chi connectivity index (χ3n) is 3.87. The van der Waals surface area contributed by atoms with Gasteiger partial charge in [-0.05, 0) is 34.7 Å². The maximum absolute atomic E-state index is 10.5. The fourth-order valence-electron chi connectivity index (χ4n) is 2.81. The zero-order valence-corrected chi connectivity index (χ0v) is 12.5. The lowest BCUT2D eigenvalue weighted by Crippen LogP contribution is -1.93. The largest absolute Gasteiger partial charge is 0.504 e. The Morgan fingerprint density at radius 2 is 1.23 bits per heavy atom. The van der Waals surface area contributed by atoms with Gasteiger partial charge in [0.15, 0.2) is 11.5 Å². The number of phenols is 2. The molecule has 2 heteroatoms. The lowest BCUT2D eigenvalue weighted by atomic mass is 9.88. The summed E-state index contributed by atoms with van der Waals surface area (Å²) >= 11 is 0. The molecule has 0 aliphatic heterocycles. The molecule has 0 heterocycles. The monoisotopic (exact) mass is 290 g/mol. The van der Waals surface area contributed by atoms with E-state index in [-0.39, 0.29) is 11.5 Å². The molecule has 3 aromatic carbocycles. The van der Waals surface area contributed by atoms with Crippen LogP contribution < -0.4 is 0 Å². The molecule has 22 heavy (non-hydrogen) atoms. The standard InChI is InChI=1S/C20H18O2/c1-2-14-13-17(21)20(22)19(16-11-7-4-8-12-16)18(14)15-9-5-3-6-10-15/h3-13,21-22H,2H2,1H3. The third kappa shape index (κ3) is 2.44. The number of rotatable bonds is 3. The van der Waals surface area contributed by atoms with Gasteiger partial charge < -0.3 is 10.2 Å². The Kier molecular flexibility index (Phi) is 3.84. The van der Waals surface area contributed by atoms with Crippen LogP contribution in [0.25, 0.3) is 22.3 Å². The van der Waals surface area contributed by atoms with Crippen LogP contribution in [0.1, 0.15) is 12.5 Å². The maximum Gasteiger partial charge on any atom is 0.166 e. The molecule has 0 aliphatic carbocycles. The Bertz CT molecular complexity index is 778. The summed E-state index contributed by atoms with van der Waals surface area (Å²) < 4.78 is 0. The van der Waals surface area contributed by atoms with Gasteiger partial charge in [0.2, 0.25) is 0 Å². The normalized spacial score (nSPS) is 10.6. The Morgan fingerprint density at radius 3 is 1.73 bits per heavy atom. The van der Waals surface area contributed by atoms with E-state index in [1.165, 1.54) is 0 Å². The molecule has 0 aliphatic rings. The molecular formula is C20H18O2. The minimum atomic E-state index is -0.0737. The highest BCUT2D eigenvalue weighted by Gasteiger charge is 2.19. The second-order valence-corrected chi connectivity index (χ2v) is 5.24. The summed E-state index contributed by atoms with van der Waals surface area (Å²) in [5.41, 5.74) is 4.60. The summed E-state index contributed by atoms with van der Waals surface area (Å²) in [6.45, 7) is 2.05. The molecule has 0 fully saturated rings. The highest BCUT2D eigenvalue weighted by Crippen LogP contribution is 2.45. The first kappa shape index (κ1) is 14.2. The van der Waals surface area contributed by atoms with Gasteiger partial charge >= 0.3 is 0 Å². The van der Waals surface area contributed by atoms with Gasteiger partial charge in [-0.2, -0.15) is 0 Å². The van der Waals surface area contributed by atoms with Crippen molar-refractivity contribution < 1.29 is 10.2 Å². The van der Waals surface area contributed by atoms with Crippen LogP contribution in [0.4, 0.5) is 0 Å². The summed E-state index contributed by atoms with van der Waals surface area (Å²) in [7, 11) is 0. The van der Waals surface area contributed by atoms with E-state index in [0.717, 1.165) is 28.7 Å². The van der Waals surface area contributed by atoms with E-state index in [1.54, 1.807) is 6.07 Å². The molecule has 3 aromatic rings. The van der Waals surface area contributed by atoms with Gasteiger partial charge in [0, 0.05) is 5.56 Å². The Balaban J connectivity index is 2.38. The molecule has 3 rings (SSSR count). The number of aryl methyl sites for hydroxylation is 1. The first-order chi connectivity index (χ1) is 10.7. The molecule has 110 valence electrons. The number of aromatic hydroxyl groups is 2. The first-order valence-electron chi connectivity index (χ1n) is 7.41. The van der Waals surface area contributed by atoms with E-state index >= 15 is 0 Å². The molecule has 2 nitrogen and oxygen atoms in total. The smallest absolute Gasteiger partial charge is 0.166 e. The Morgan fingerprint density at radius 1 is 0.727 bits per heavy atom. The third-order valence-corrected chi connectivity index (χ3v) is 3.87. The van der Waals surface area contributed by atoms with Crippen LogP contribution in [0.15, 0.2) is 66.7 Å². The average molecular weight is 290 g/mol. The second-order valence-electron chi connectivity index (χ2n) is 5.24. The molecule has 0 atom stereocenters. The molecule has 0 unspecified atom stereocenters. The minimum absolute atomic E-state index is 0.0674. The van der Waals surface area contributed by atoms with Crippen molar-refractivity contribution in [2.75, 3.05) is 0 Å². The number of phenolic OH excluding ortho intramolecular Hbond substituents is 2. The molecule has 0 spiro atoms. The van der Waals surface area contributed by atoms with Gasteiger partial charge in [-0.25, -0.2) is 0 Å². The molecule has 2 N–H and O–H groups in total. The molecule has 0 aromatic heterocycles. The van der Waals surface area contributed by atoms with Crippen molar-refractivity contribution in [3.63, 3.8) is 0 Å². The van der Waals surface area contributed by atoms with Gasteiger partial charge in [-0.3, -0.25) is 0 Å². The first-order valence-corrected chi connectivity index (χ1v) is 7.41. The maximum atomic E-state index is 10.5. The van der Waals surface area contributed by atoms with Gasteiger partial charge in [-0.15, -0.1) is 0 Å². The SMILES string of the molecule is CCc1cc(O)c(O)c(-c2ccccc2)c1-c1ccccc1. The van der Waals surface area contributed by atoms with Crippen LogP contribution in [-0.2, 0) is 6.42 Å². The van der Waals surface area contributed by atoms with Crippen molar-refractivity contribution in [3.05, 3.63) is 72.3 Å². The summed E-state index contributed by atoms with van der Waals surface area (Å²) in [6.07, 6.45) is 0.776. The summed E-state index contributed by atoms with van der Waals surface area (Å²) in [5, 5.41) is 20.6. The van der Waals surface area contributed by atoms with E-state index in [2.05, 4.69) is 0 Å². The molecule has 0 amide bonds. The van der Waals surface area contributed by atoms with E-state index in [0.29, 0.717) is 5.56 Å². The summed E-state index contributed by atoms with van der Waals surface area (Å²) in [5.74, 6) is -0.141. The highest BCUT2D eigenvalue weighted by molar-refractivity contribution is 5.91. The van der Waals surface area contributed by atoms with E-state index in [1.807, 2.05) is 67.6 Å². The van der Waals surface area contributed by atoms with Crippen molar-refractivity contribution in [2.24, 2.45) is 0 Å². The van der Waals surface area contributed by atoms with Gasteiger partial charge in [-0.1, -0.05) is 67.6 Å². The molecule has 0 saturated carbocycles. The van der Waals surface area contributed by atoms with E-state index in [4.69, 9.17) is 0 Å². The second kappa shape index (κ2) is 5.94. The quantitative estimate of drug-likeness (QED) is 0.667. The predicted molar refractivity (Wildman–Crippen MR) is 90.0 cm³/mol. The summed E-state index contributed by atoms with van der Waals surface area (Å²) in [4.78, 5) is 0. The minimum Gasteiger partial charge on any atom is -0.504 e. The fourth-order valence-corrected chi connectivity index (χ4v) is 2.81. The lowest BCUT2D eigenvalue weighted by Gasteiger charge is -2.17. The lowest BCUT2D eigenvalue weighted by molar-refractivity contribution is 0.405. The zero-order valence-electron chi connectivity index (χ0n) is 12.5. The Labute approximate surface area is 130 Å². The van der Waals surface area contributed by atoms with Crippen molar-refractivity contribution in [3.8, 4) is 33.8 Å².